The van der Waals surface area contributed by atoms with E-state index >= 15 is 0 Å². The zero-order valence-corrected chi connectivity index (χ0v) is 9.79. The number of aryl methyl sites for hydroxylation is 1. The quantitative estimate of drug-likeness (QED) is 0.831. The van der Waals surface area contributed by atoms with E-state index in [1.54, 1.807) is 6.07 Å². The van der Waals surface area contributed by atoms with E-state index in [2.05, 4.69) is 12.2 Å². The van der Waals surface area contributed by atoms with Crippen molar-refractivity contribution in [3.05, 3.63) is 29.6 Å². The molecular formula is C13H18FNO. The van der Waals surface area contributed by atoms with E-state index in [-0.39, 0.29) is 11.9 Å². The summed E-state index contributed by atoms with van der Waals surface area (Å²) in [5, 5.41) is 3.25. The van der Waals surface area contributed by atoms with Gasteiger partial charge >= 0.3 is 0 Å². The van der Waals surface area contributed by atoms with Gasteiger partial charge in [0.2, 0.25) is 0 Å². The van der Waals surface area contributed by atoms with Crippen LogP contribution in [0.5, 0.6) is 0 Å². The highest BCUT2D eigenvalue weighted by Crippen LogP contribution is 2.21. The van der Waals surface area contributed by atoms with Crippen LogP contribution in [0.15, 0.2) is 18.2 Å². The Morgan fingerprint density at radius 3 is 2.94 bits per heavy atom. The number of nitrogens with one attached hydrogen (secondary N) is 1. The summed E-state index contributed by atoms with van der Waals surface area (Å²) in [5.41, 5.74) is 1.55. The Morgan fingerprint density at radius 1 is 1.44 bits per heavy atom. The molecule has 1 N–H and O–H groups in total. The number of rotatable bonds is 2. The van der Waals surface area contributed by atoms with Crippen molar-refractivity contribution >= 4 is 5.69 Å². The summed E-state index contributed by atoms with van der Waals surface area (Å²) in [6.07, 6.45) is 2.14. The Balaban J connectivity index is 2.02. The predicted octanol–water partition coefficient (Wildman–Crippen LogP) is 3.11. The maximum absolute atomic E-state index is 13.6. The summed E-state index contributed by atoms with van der Waals surface area (Å²) >= 11 is 0. The van der Waals surface area contributed by atoms with Crippen molar-refractivity contribution in [1.82, 2.24) is 0 Å². The number of halogens is 1. The number of anilines is 1. The molecule has 88 valence electrons. The molecule has 3 heteroatoms. The van der Waals surface area contributed by atoms with Crippen LogP contribution in [0.2, 0.25) is 0 Å². The molecule has 1 aliphatic heterocycles. The van der Waals surface area contributed by atoms with Crippen molar-refractivity contribution in [2.75, 3.05) is 11.9 Å². The Morgan fingerprint density at radius 2 is 2.25 bits per heavy atom. The zero-order valence-electron chi connectivity index (χ0n) is 9.79. The molecule has 0 amide bonds. The minimum Gasteiger partial charge on any atom is -0.380 e. The molecular weight excluding hydrogens is 205 g/mol. The van der Waals surface area contributed by atoms with Crippen LogP contribution in [0, 0.1) is 12.7 Å². The smallest absolute Gasteiger partial charge is 0.146 e. The van der Waals surface area contributed by atoms with Gasteiger partial charge in [-0.3, -0.25) is 0 Å². The summed E-state index contributed by atoms with van der Waals surface area (Å²) in [6.45, 7) is 4.70. The molecule has 0 aliphatic carbocycles. The number of benzene rings is 1. The molecule has 1 heterocycles. The van der Waals surface area contributed by atoms with E-state index in [0.29, 0.717) is 11.7 Å². The number of hydrogen-bond acceptors (Lipinski definition) is 2. The van der Waals surface area contributed by atoms with E-state index in [1.165, 1.54) is 0 Å². The largest absolute Gasteiger partial charge is 0.380 e. The molecule has 0 aromatic heterocycles. The van der Waals surface area contributed by atoms with Gasteiger partial charge in [0.1, 0.15) is 5.82 Å². The Labute approximate surface area is 95.8 Å². The van der Waals surface area contributed by atoms with E-state index in [0.717, 1.165) is 25.0 Å². The minimum absolute atomic E-state index is 0.167. The first kappa shape index (κ1) is 11.4. The van der Waals surface area contributed by atoms with Crippen molar-refractivity contribution < 1.29 is 9.13 Å². The molecule has 1 saturated heterocycles. The van der Waals surface area contributed by atoms with Crippen LogP contribution in [0.25, 0.3) is 0 Å². The van der Waals surface area contributed by atoms with Crippen LogP contribution >= 0.6 is 0 Å². The Hall–Kier alpha value is -1.09. The van der Waals surface area contributed by atoms with Crippen molar-refractivity contribution in [1.29, 1.82) is 0 Å². The first-order chi connectivity index (χ1) is 7.65. The van der Waals surface area contributed by atoms with Crippen molar-refractivity contribution in [3.63, 3.8) is 0 Å². The van der Waals surface area contributed by atoms with Crippen molar-refractivity contribution in [3.8, 4) is 0 Å². The lowest BCUT2D eigenvalue weighted by Crippen LogP contribution is -2.32. The lowest BCUT2D eigenvalue weighted by molar-refractivity contribution is 0.0232. The Kier molecular flexibility index (Phi) is 3.44. The Bertz CT molecular complexity index is 367. The average molecular weight is 223 g/mol. The molecule has 2 unspecified atom stereocenters. The summed E-state index contributed by atoms with van der Waals surface area (Å²) in [4.78, 5) is 0. The van der Waals surface area contributed by atoms with Crippen LogP contribution in [-0.4, -0.2) is 18.8 Å². The number of hydrogen-bond donors (Lipinski definition) is 1. The van der Waals surface area contributed by atoms with Gasteiger partial charge in [-0.05, 0) is 44.4 Å². The second-order valence-corrected chi connectivity index (χ2v) is 4.53. The topological polar surface area (TPSA) is 21.3 Å². The molecule has 0 spiro atoms. The van der Waals surface area contributed by atoms with Gasteiger partial charge in [-0.25, -0.2) is 4.39 Å². The fourth-order valence-corrected chi connectivity index (χ4v) is 2.09. The SMILES string of the molecule is Cc1ccc(NC2CCOC(C)C2)c(F)c1. The third kappa shape index (κ3) is 2.73. The lowest BCUT2D eigenvalue weighted by atomic mass is 10.0. The average Bonchev–Trinajstić information content (AvgIpc) is 2.22. The maximum Gasteiger partial charge on any atom is 0.146 e. The predicted molar refractivity (Wildman–Crippen MR) is 63.2 cm³/mol. The molecule has 1 aromatic rings. The first-order valence-corrected chi connectivity index (χ1v) is 5.79. The minimum atomic E-state index is -0.167. The molecule has 2 atom stereocenters. The molecule has 1 aromatic carbocycles. The lowest BCUT2D eigenvalue weighted by Gasteiger charge is -2.28. The monoisotopic (exact) mass is 223 g/mol. The van der Waals surface area contributed by atoms with Crippen LogP contribution < -0.4 is 5.32 Å². The van der Waals surface area contributed by atoms with Gasteiger partial charge in [-0.1, -0.05) is 6.07 Å². The highest BCUT2D eigenvalue weighted by Gasteiger charge is 2.19. The van der Waals surface area contributed by atoms with Gasteiger partial charge in [0.15, 0.2) is 0 Å². The van der Waals surface area contributed by atoms with Crippen LogP contribution in [-0.2, 0) is 4.74 Å². The number of ether oxygens (including phenoxy) is 1. The zero-order chi connectivity index (χ0) is 11.5. The standard InChI is InChI=1S/C13H18FNO/c1-9-3-4-13(12(14)7-9)15-11-5-6-16-10(2)8-11/h3-4,7,10-11,15H,5-6,8H2,1-2H3. The third-order valence-electron chi connectivity index (χ3n) is 2.97. The molecule has 1 fully saturated rings. The second kappa shape index (κ2) is 4.83. The summed E-state index contributed by atoms with van der Waals surface area (Å²) in [5.74, 6) is -0.167. The van der Waals surface area contributed by atoms with E-state index < -0.39 is 0 Å². The fourth-order valence-electron chi connectivity index (χ4n) is 2.09. The molecule has 1 aliphatic rings. The van der Waals surface area contributed by atoms with Gasteiger partial charge in [-0.15, -0.1) is 0 Å². The summed E-state index contributed by atoms with van der Waals surface area (Å²) < 4.78 is 19.1. The molecule has 2 nitrogen and oxygen atoms in total. The molecule has 16 heavy (non-hydrogen) atoms. The second-order valence-electron chi connectivity index (χ2n) is 4.53. The molecule has 2 rings (SSSR count). The van der Waals surface area contributed by atoms with E-state index in [9.17, 15) is 4.39 Å². The molecule has 0 bridgehead atoms. The maximum atomic E-state index is 13.6. The van der Waals surface area contributed by atoms with E-state index in [1.807, 2.05) is 19.1 Å². The third-order valence-corrected chi connectivity index (χ3v) is 2.97. The van der Waals surface area contributed by atoms with Crippen molar-refractivity contribution in [2.45, 2.75) is 38.8 Å². The normalized spacial score (nSPS) is 25.4. The van der Waals surface area contributed by atoms with Crippen LogP contribution in [0.1, 0.15) is 25.3 Å². The van der Waals surface area contributed by atoms with Crippen molar-refractivity contribution in [2.24, 2.45) is 0 Å². The van der Waals surface area contributed by atoms with Gasteiger partial charge in [0.05, 0.1) is 11.8 Å². The van der Waals surface area contributed by atoms with Gasteiger partial charge < -0.3 is 10.1 Å². The first-order valence-electron chi connectivity index (χ1n) is 5.79. The highest BCUT2D eigenvalue weighted by atomic mass is 19.1. The van der Waals surface area contributed by atoms with Gasteiger partial charge in [-0.2, -0.15) is 0 Å². The molecule has 0 radical (unpaired) electrons. The summed E-state index contributed by atoms with van der Waals surface area (Å²) in [7, 11) is 0. The fraction of sp³-hybridized carbons (Fsp3) is 0.538. The molecule has 0 saturated carbocycles. The summed E-state index contributed by atoms with van der Waals surface area (Å²) in [6, 6.07) is 5.62. The highest BCUT2D eigenvalue weighted by molar-refractivity contribution is 5.47. The van der Waals surface area contributed by atoms with Crippen LogP contribution in [0.4, 0.5) is 10.1 Å². The van der Waals surface area contributed by atoms with Gasteiger partial charge in [0.25, 0.3) is 0 Å². The van der Waals surface area contributed by atoms with Crippen LogP contribution in [0.3, 0.4) is 0 Å². The van der Waals surface area contributed by atoms with Gasteiger partial charge in [0, 0.05) is 12.6 Å². The van der Waals surface area contributed by atoms with E-state index in [4.69, 9.17) is 4.74 Å².